The van der Waals surface area contributed by atoms with Crippen LogP contribution in [0.2, 0.25) is 0 Å². The number of hydrogen-bond donors (Lipinski definition) is 4. The zero-order valence-corrected chi connectivity index (χ0v) is 37.0. The molecule has 3 rings (SSSR count). The van der Waals surface area contributed by atoms with Gasteiger partial charge in [-0.25, -0.2) is 0 Å². The van der Waals surface area contributed by atoms with E-state index in [9.17, 15) is 30.0 Å². The molecule has 18 atom stereocenters. The fraction of sp³-hybridized carbons (Fsp3) is 0.905. The zero-order valence-electron chi connectivity index (χ0n) is 37.0. The number of aliphatic hydroxyl groups is 4. The molecule has 0 radical (unpaired) electrons. The van der Waals surface area contributed by atoms with Gasteiger partial charge in [0.1, 0.15) is 30.0 Å². The summed E-state index contributed by atoms with van der Waals surface area (Å²) in [5, 5.41) is 47.5. The predicted octanol–water partition coefficient (Wildman–Crippen LogP) is 3.03. The van der Waals surface area contributed by atoms with E-state index >= 15 is 0 Å². The number of carbonyl (C=O) groups is 2. The molecule has 3 saturated heterocycles. The van der Waals surface area contributed by atoms with Gasteiger partial charge in [-0.3, -0.25) is 14.5 Å². The van der Waals surface area contributed by atoms with Gasteiger partial charge in [-0.2, -0.15) is 0 Å². The summed E-state index contributed by atoms with van der Waals surface area (Å²) in [7, 11) is 7.11. The fourth-order valence-corrected chi connectivity index (χ4v) is 9.24. The number of aliphatic hydroxyl groups excluding tert-OH is 2. The second-order valence-corrected chi connectivity index (χ2v) is 18.1. The summed E-state index contributed by atoms with van der Waals surface area (Å²) in [5.74, 6) is -3.34. The lowest BCUT2D eigenvalue weighted by Crippen LogP contribution is -2.60. The Balaban J connectivity index is 2.22. The highest BCUT2D eigenvalue weighted by Crippen LogP contribution is 2.40. The minimum Gasteiger partial charge on any atom is -0.459 e. The van der Waals surface area contributed by atoms with Gasteiger partial charge in [-0.05, 0) is 94.8 Å². The summed E-state index contributed by atoms with van der Waals surface area (Å²) < 4.78 is 43.8. The largest absolute Gasteiger partial charge is 0.459 e. The molecule has 4 N–H and O–H groups in total. The molecule has 0 aliphatic carbocycles. The van der Waals surface area contributed by atoms with Crippen LogP contribution in [0.3, 0.4) is 0 Å². The lowest BCUT2D eigenvalue weighted by molar-refractivity contribution is -0.318. The number of esters is 2. The van der Waals surface area contributed by atoms with Crippen molar-refractivity contribution in [1.29, 1.82) is 0 Å². The van der Waals surface area contributed by atoms with Gasteiger partial charge in [0.2, 0.25) is 0 Å². The lowest BCUT2D eigenvalue weighted by atomic mass is 9.77. The third kappa shape index (κ3) is 11.7. The van der Waals surface area contributed by atoms with Crippen molar-refractivity contribution in [3.8, 4) is 0 Å². The number of cyclic esters (lactones) is 1. The Morgan fingerprint density at radius 1 is 1.02 bits per heavy atom. The van der Waals surface area contributed by atoms with Gasteiger partial charge in [0.15, 0.2) is 12.6 Å². The molecular weight excluding hydrogens is 740 g/mol. The van der Waals surface area contributed by atoms with Gasteiger partial charge >= 0.3 is 11.9 Å². The SMILES string of the molecule is C=CCC(=O)O[C@@H]1[C@@H](C)N(C)C[C@H](C)C[C@](C)(O)[C@H](O[C@@H]2O[C@H](C)C[C@H](N(C)C)[C@H]2O)[C@@H](C)[C@H](O[C@H]2C[C@@](C)(OC)[C@@H](O)[C@H](C)O2)[C@@H](C)C(=O)O[C@H](CC)[C@@]1(C)O. The molecule has 15 heteroatoms. The van der Waals surface area contributed by atoms with Crippen LogP contribution in [0.25, 0.3) is 0 Å². The van der Waals surface area contributed by atoms with Crippen LogP contribution in [0.4, 0.5) is 0 Å². The summed E-state index contributed by atoms with van der Waals surface area (Å²) in [6.07, 6.45) is -7.10. The van der Waals surface area contributed by atoms with Crippen molar-refractivity contribution in [3.05, 3.63) is 12.7 Å². The van der Waals surface area contributed by atoms with Crippen LogP contribution in [0.5, 0.6) is 0 Å². The van der Waals surface area contributed by atoms with Gasteiger partial charge < -0.3 is 58.5 Å². The molecule has 0 amide bonds. The predicted molar refractivity (Wildman–Crippen MR) is 213 cm³/mol. The molecule has 3 aliphatic heterocycles. The Labute approximate surface area is 341 Å². The number of likely N-dealkylation sites (N-methyl/N-ethyl adjacent to an activating group) is 2. The zero-order chi connectivity index (χ0) is 43.4. The highest BCUT2D eigenvalue weighted by atomic mass is 16.7. The van der Waals surface area contributed by atoms with E-state index in [1.54, 1.807) is 34.6 Å². The Morgan fingerprint density at radius 2 is 1.65 bits per heavy atom. The molecule has 0 aromatic carbocycles. The second-order valence-electron chi connectivity index (χ2n) is 18.1. The molecule has 0 bridgehead atoms. The number of nitrogens with zero attached hydrogens (tertiary/aromatic N) is 2. The Morgan fingerprint density at radius 3 is 2.21 bits per heavy atom. The van der Waals surface area contributed by atoms with Crippen molar-refractivity contribution in [2.75, 3.05) is 34.8 Å². The molecule has 0 unspecified atom stereocenters. The fourth-order valence-electron chi connectivity index (χ4n) is 9.24. The van der Waals surface area contributed by atoms with Crippen LogP contribution in [0.1, 0.15) is 101 Å². The normalized spacial score (nSPS) is 46.1. The van der Waals surface area contributed by atoms with Gasteiger partial charge in [0, 0.05) is 38.1 Å². The Hall–Kier alpha value is -1.76. The number of ether oxygens (including phenoxy) is 7. The van der Waals surface area contributed by atoms with Crippen molar-refractivity contribution < 1.29 is 63.2 Å². The number of methoxy groups -OCH3 is 1. The van der Waals surface area contributed by atoms with E-state index in [2.05, 4.69) is 6.58 Å². The van der Waals surface area contributed by atoms with Crippen LogP contribution in [-0.2, 0) is 42.7 Å². The van der Waals surface area contributed by atoms with E-state index in [0.29, 0.717) is 13.0 Å². The van der Waals surface area contributed by atoms with Gasteiger partial charge in [-0.15, -0.1) is 6.58 Å². The quantitative estimate of drug-likeness (QED) is 0.186. The molecule has 0 aromatic heterocycles. The van der Waals surface area contributed by atoms with E-state index in [4.69, 9.17) is 33.2 Å². The first-order valence-electron chi connectivity index (χ1n) is 20.7. The molecule has 0 saturated carbocycles. The summed E-state index contributed by atoms with van der Waals surface area (Å²) in [6.45, 7) is 21.6. The first kappa shape index (κ1) is 49.6. The molecule has 3 aliphatic rings. The van der Waals surface area contributed by atoms with Crippen molar-refractivity contribution in [2.24, 2.45) is 17.8 Å². The highest BCUT2D eigenvalue weighted by Gasteiger charge is 2.53. The van der Waals surface area contributed by atoms with Crippen molar-refractivity contribution in [1.82, 2.24) is 9.80 Å². The molecule has 57 heavy (non-hydrogen) atoms. The van der Waals surface area contributed by atoms with Crippen LogP contribution in [0, 0.1) is 17.8 Å². The molecule has 0 spiro atoms. The monoisotopic (exact) mass is 817 g/mol. The first-order valence-corrected chi connectivity index (χ1v) is 20.7. The maximum atomic E-state index is 14.5. The molecule has 3 heterocycles. The molecule has 15 nitrogen and oxygen atoms in total. The molecule has 3 fully saturated rings. The number of carbonyl (C=O) groups excluding carboxylic acids is 2. The van der Waals surface area contributed by atoms with Crippen molar-refractivity contribution in [3.63, 3.8) is 0 Å². The van der Waals surface area contributed by atoms with Crippen LogP contribution in [-0.4, -0.2) is 167 Å². The van der Waals surface area contributed by atoms with E-state index in [-0.39, 0.29) is 43.7 Å². The van der Waals surface area contributed by atoms with Crippen LogP contribution in [0.15, 0.2) is 12.7 Å². The Bertz CT molecular complexity index is 1320. The van der Waals surface area contributed by atoms with Crippen LogP contribution < -0.4 is 0 Å². The van der Waals surface area contributed by atoms with Gasteiger partial charge in [0.25, 0.3) is 0 Å². The summed E-state index contributed by atoms with van der Waals surface area (Å²) >= 11 is 0. The van der Waals surface area contributed by atoms with Crippen molar-refractivity contribution in [2.45, 2.75) is 192 Å². The number of hydrogen-bond acceptors (Lipinski definition) is 15. The third-order valence-corrected chi connectivity index (χ3v) is 12.7. The Kier molecular flexibility index (Phi) is 17.6. The maximum absolute atomic E-state index is 14.5. The minimum absolute atomic E-state index is 0.0807. The standard InChI is InChI=1S/C42H76N2O13/c1-16-18-31(45)55-37-27(7)44(14)22-23(3)20-40(9,49)36(57-39-33(46)29(43(12)13)19-24(4)52-39)25(5)34(26(6)38(48)54-30(17-2)42(37,11)50)56-32-21-41(10,51-15)35(47)28(8)53-32/h16,23-30,32-37,39,46-47,49-50H,1,17-22H2,2-15H3/t23-,24-,25+,26-,27-,28+,29+,30-,32+,33-,34+,35+,36-,37-,39+,40+,41-,42-/m1/s1. The summed E-state index contributed by atoms with van der Waals surface area (Å²) in [5.41, 5.74) is -4.49. The lowest BCUT2D eigenvalue weighted by Gasteiger charge is -2.48. The smallest absolute Gasteiger partial charge is 0.311 e. The average Bonchev–Trinajstić information content (AvgIpc) is 3.12. The van der Waals surface area contributed by atoms with Crippen molar-refractivity contribution >= 4 is 11.9 Å². The molecule has 332 valence electrons. The second kappa shape index (κ2) is 20.2. The summed E-state index contributed by atoms with van der Waals surface area (Å²) in [6, 6.07) is -0.858. The maximum Gasteiger partial charge on any atom is 0.311 e. The van der Waals surface area contributed by atoms with Gasteiger partial charge in [0.05, 0.1) is 48.0 Å². The van der Waals surface area contributed by atoms with Gasteiger partial charge in [-0.1, -0.05) is 26.8 Å². The van der Waals surface area contributed by atoms with E-state index < -0.39 is 102 Å². The van der Waals surface area contributed by atoms with E-state index in [1.807, 2.05) is 58.6 Å². The first-order chi connectivity index (χ1) is 26.3. The molecular formula is C42H76N2O13. The molecule has 0 aromatic rings. The number of rotatable bonds is 10. The average molecular weight is 817 g/mol. The topological polar surface area (TPSA) is 186 Å². The highest BCUT2D eigenvalue weighted by molar-refractivity contribution is 5.73. The van der Waals surface area contributed by atoms with E-state index in [0.717, 1.165) is 0 Å². The third-order valence-electron chi connectivity index (χ3n) is 12.7. The van der Waals surface area contributed by atoms with Crippen LogP contribution >= 0.6 is 0 Å². The minimum atomic E-state index is -1.84. The van der Waals surface area contributed by atoms with E-state index in [1.165, 1.54) is 20.1 Å². The summed E-state index contributed by atoms with van der Waals surface area (Å²) in [4.78, 5) is 31.3.